The van der Waals surface area contributed by atoms with Crippen molar-refractivity contribution in [2.45, 2.75) is 64.8 Å². The Bertz CT molecular complexity index is 651. The van der Waals surface area contributed by atoms with E-state index in [1.165, 1.54) is 12.5 Å². The molecule has 26 heavy (non-hydrogen) atoms. The fourth-order valence-corrected chi connectivity index (χ4v) is 3.10. The largest absolute Gasteiger partial charge is 0.349 e. The molecule has 5 nitrogen and oxygen atoms in total. The predicted molar refractivity (Wildman–Crippen MR) is 102 cm³/mol. The maximum absolute atomic E-state index is 12.4. The molecule has 1 aromatic carbocycles. The third-order valence-electron chi connectivity index (χ3n) is 4.89. The molecule has 5 heteroatoms. The minimum Gasteiger partial charge on any atom is -0.349 e. The van der Waals surface area contributed by atoms with Gasteiger partial charge in [0.05, 0.1) is 0 Å². The SMILES string of the molecule is CC(=O)CCC(=O)N1CCC(NC(=O)c2ccc(C(C)(C)C)cc2)CC1. The molecule has 1 aliphatic heterocycles. The Balaban J connectivity index is 1.82. The molecule has 1 saturated heterocycles. The van der Waals surface area contributed by atoms with Gasteiger partial charge < -0.3 is 15.0 Å². The highest BCUT2D eigenvalue weighted by atomic mass is 16.2. The Hall–Kier alpha value is -2.17. The number of carbonyl (C=O) groups excluding carboxylic acids is 3. The summed E-state index contributed by atoms with van der Waals surface area (Å²) in [5.41, 5.74) is 1.93. The van der Waals surface area contributed by atoms with Gasteiger partial charge in [-0.2, -0.15) is 0 Å². The number of rotatable bonds is 5. The van der Waals surface area contributed by atoms with Crippen molar-refractivity contribution in [1.29, 1.82) is 0 Å². The first-order chi connectivity index (χ1) is 12.2. The normalized spacial score (nSPS) is 15.6. The van der Waals surface area contributed by atoms with Gasteiger partial charge in [-0.1, -0.05) is 32.9 Å². The highest BCUT2D eigenvalue weighted by molar-refractivity contribution is 5.94. The molecule has 142 valence electrons. The summed E-state index contributed by atoms with van der Waals surface area (Å²) in [6, 6.07) is 7.84. The van der Waals surface area contributed by atoms with Crippen LogP contribution in [-0.4, -0.2) is 41.6 Å². The number of hydrogen-bond acceptors (Lipinski definition) is 3. The maximum atomic E-state index is 12.4. The second-order valence-electron chi connectivity index (χ2n) is 8.16. The van der Waals surface area contributed by atoms with Gasteiger partial charge in [-0.05, 0) is 42.9 Å². The van der Waals surface area contributed by atoms with E-state index in [1.807, 2.05) is 24.3 Å². The van der Waals surface area contributed by atoms with Crippen molar-refractivity contribution in [3.8, 4) is 0 Å². The van der Waals surface area contributed by atoms with Crippen molar-refractivity contribution in [3.63, 3.8) is 0 Å². The number of carbonyl (C=O) groups is 3. The first kappa shape index (κ1) is 20.1. The molecule has 1 aliphatic rings. The molecule has 0 saturated carbocycles. The minimum absolute atomic E-state index is 0.0303. The second-order valence-corrected chi connectivity index (χ2v) is 8.16. The highest BCUT2D eigenvalue weighted by Crippen LogP contribution is 2.22. The number of likely N-dealkylation sites (tertiary alicyclic amines) is 1. The highest BCUT2D eigenvalue weighted by Gasteiger charge is 2.24. The van der Waals surface area contributed by atoms with Crippen molar-refractivity contribution in [3.05, 3.63) is 35.4 Å². The first-order valence-corrected chi connectivity index (χ1v) is 9.35. The zero-order chi connectivity index (χ0) is 19.3. The summed E-state index contributed by atoms with van der Waals surface area (Å²) >= 11 is 0. The number of amides is 2. The average Bonchev–Trinajstić information content (AvgIpc) is 2.59. The number of Topliss-reactive ketones (excluding diaryl/α,β-unsaturated/α-hetero) is 1. The molecular weight excluding hydrogens is 328 g/mol. The molecular formula is C21H30N2O3. The summed E-state index contributed by atoms with van der Waals surface area (Å²) < 4.78 is 0. The van der Waals surface area contributed by atoms with Gasteiger partial charge in [0.15, 0.2) is 0 Å². The lowest BCUT2D eigenvalue weighted by molar-refractivity contribution is -0.133. The van der Waals surface area contributed by atoms with Crippen LogP contribution >= 0.6 is 0 Å². The number of nitrogens with one attached hydrogen (secondary N) is 1. The molecule has 1 aromatic rings. The van der Waals surface area contributed by atoms with Crippen molar-refractivity contribution in [1.82, 2.24) is 10.2 Å². The van der Waals surface area contributed by atoms with E-state index < -0.39 is 0 Å². The molecule has 0 aliphatic carbocycles. The van der Waals surface area contributed by atoms with E-state index in [0.717, 1.165) is 12.8 Å². The summed E-state index contributed by atoms with van der Waals surface area (Å²) in [5.74, 6) is 0.00698. The van der Waals surface area contributed by atoms with Crippen LogP contribution in [-0.2, 0) is 15.0 Å². The van der Waals surface area contributed by atoms with Gasteiger partial charge in [0.2, 0.25) is 5.91 Å². The van der Waals surface area contributed by atoms with Crippen LogP contribution in [0.3, 0.4) is 0 Å². The van der Waals surface area contributed by atoms with E-state index >= 15 is 0 Å². The van der Waals surface area contributed by atoms with Crippen molar-refractivity contribution in [2.75, 3.05) is 13.1 Å². The lowest BCUT2D eigenvalue weighted by Crippen LogP contribution is -2.46. The number of nitrogens with zero attached hydrogens (tertiary/aromatic N) is 1. The molecule has 2 amide bonds. The third kappa shape index (κ3) is 5.68. The van der Waals surface area contributed by atoms with E-state index in [-0.39, 0.29) is 35.5 Å². The van der Waals surface area contributed by atoms with Crippen LogP contribution in [0.1, 0.15) is 69.3 Å². The minimum atomic E-state index is -0.0631. The van der Waals surface area contributed by atoms with Gasteiger partial charge in [-0.3, -0.25) is 9.59 Å². The summed E-state index contributed by atoms with van der Waals surface area (Å²) in [7, 11) is 0. The molecule has 0 aromatic heterocycles. The van der Waals surface area contributed by atoms with E-state index in [0.29, 0.717) is 25.1 Å². The number of piperidine rings is 1. The molecule has 0 radical (unpaired) electrons. The number of ketones is 1. The molecule has 1 N–H and O–H groups in total. The summed E-state index contributed by atoms with van der Waals surface area (Å²) in [6.45, 7) is 9.20. The van der Waals surface area contributed by atoms with Crippen LogP contribution < -0.4 is 5.32 Å². The molecule has 1 heterocycles. The Morgan fingerprint density at radius 3 is 2.12 bits per heavy atom. The van der Waals surface area contributed by atoms with Gasteiger partial charge in [0, 0.05) is 37.5 Å². The van der Waals surface area contributed by atoms with Crippen molar-refractivity contribution in [2.24, 2.45) is 0 Å². The summed E-state index contributed by atoms with van der Waals surface area (Å²) in [6.07, 6.45) is 2.09. The van der Waals surface area contributed by atoms with Gasteiger partial charge in [-0.15, -0.1) is 0 Å². The van der Waals surface area contributed by atoms with Crippen LogP contribution in [0.5, 0.6) is 0 Å². The van der Waals surface area contributed by atoms with Crippen LogP contribution in [0.4, 0.5) is 0 Å². The predicted octanol–water partition coefficient (Wildman–Crippen LogP) is 3.07. The standard InChI is InChI=1S/C21H30N2O3/c1-15(24)5-10-19(25)23-13-11-18(12-14-23)22-20(26)16-6-8-17(9-7-16)21(2,3)4/h6-9,18H,5,10-14H2,1-4H3,(H,22,26). The second kappa shape index (κ2) is 8.47. The zero-order valence-electron chi connectivity index (χ0n) is 16.3. The van der Waals surface area contributed by atoms with Gasteiger partial charge >= 0.3 is 0 Å². The Kier molecular flexibility index (Phi) is 6.57. The number of benzene rings is 1. The van der Waals surface area contributed by atoms with Gasteiger partial charge in [-0.25, -0.2) is 0 Å². The molecule has 1 fully saturated rings. The van der Waals surface area contributed by atoms with E-state index in [1.54, 1.807) is 4.90 Å². The smallest absolute Gasteiger partial charge is 0.251 e. The monoisotopic (exact) mass is 358 g/mol. The quantitative estimate of drug-likeness (QED) is 0.880. The van der Waals surface area contributed by atoms with E-state index in [4.69, 9.17) is 0 Å². The molecule has 2 rings (SSSR count). The van der Waals surface area contributed by atoms with Crippen LogP contribution in [0.15, 0.2) is 24.3 Å². The third-order valence-corrected chi connectivity index (χ3v) is 4.89. The van der Waals surface area contributed by atoms with E-state index in [9.17, 15) is 14.4 Å². The van der Waals surface area contributed by atoms with Crippen LogP contribution in [0.25, 0.3) is 0 Å². The summed E-state index contributed by atoms with van der Waals surface area (Å²) in [5, 5.41) is 3.07. The molecule has 0 unspecified atom stereocenters. The Labute approximate surface area is 156 Å². The summed E-state index contributed by atoms with van der Waals surface area (Å²) in [4.78, 5) is 37.3. The average molecular weight is 358 g/mol. The van der Waals surface area contributed by atoms with Crippen molar-refractivity contribution < 1.29 is 14.4 Å². The Morgan fingerprint density at radius 1 is 1.04 bits per heavy atom. The van der Waals surface area contributed by atoms with E-state index in [2.05, 4.69) is 26.1 Å². The lowest BCUT2D eigenvalue weighted by atomic mass is 9.86. The Morgan fingerprint density at radius 2 is 1.62 bits per heavy atom. The first-order valence-electron chi connectivity index (χ1n) is 9.35. The van der Waals surface area contributed by atoms with Crippen LogP contribution in [0, 0.1) is 0 Å². The molecule has 0 bridgehead atoms. The topological polar surface area (TPSA) is 66.5 Å². The fourth-order valence-electron chi connectivity index (χ4n) is 3.10. The molecule has 0 atom stereocenters. The van der Waals surface area contributed by atoms with Crippen molar-refractivity contribution >= 4 is 17.6 Å². The fraction of sp³-hybridized carbons (Fsp3) is 0.571. The van der Waals surface area contributed by atoms with Gasteiger partial charge in [0.1, 0.15) is 5.78 Å². The lowest BCUT2D eigenvalue weighted by Gasteiger charge is -2.32. The van der Waals surface area contributed by atoms with Gasteiger partial charge in [0.25, 0.3) is 5.91 Å². The van der Waals surface area contributed by atoms with Crippen LogP contribution in [0.2, 0.25) is 0 Å². The number of hydrogen-bond donors (Lipinski definition) is 1. The molecule has 0 spiro atoms. The maximum Gasteiger partial charge on any atom is 0.251 e. The zero-order valence-corrected chi connectivity index (χ0v) is 16.3.